The third kappa shape index (κ3) is 4.84. The van der Waals surface area contributed by atoms with E-state index >= 15 is 0 Å². The normalized spacial score (nSPS) is 19.3. The second-order valence-electron chi connectivity index (χ2n) is 5.64. The summed E-state index contributed by atoms with van der Waals surface area (Å²) in [5.74, 6) is -0.271. The molecule has 0 spiro atoms. The SMILES string of the molecule is CNC(CCN1CCCCCCC1)c1ccc(F)cn1. The van der Waals surface area contributed by atoms with Gasteiger partial charge in [0.25, 0.3) is 0 Å². The van der Waals surface area contributed by atoms with Crippen molar-refractivity contribution in [2.75, 3.05) is 26.7 Å². The predicted octanol–water partition coefficient (Wildman–Crippen LogP) is 3.14. The molecule has 1 atom stereocenters. The highest BCUT2D eigenvalue weighted by molar-refractivity contribution is 5.09. The topological polar surface area (TPSA) is 28.2 Å². The summed E-state index contributed by atoms with van der Waals surface area (Å²) < 4.78 is 12.9. The molecule has 1 aliphatic rings. The highest BCUT2D eigenvalue weighted by atomic mass is 19.1. The minimum atomic E-state index is -0.271. The van der Waals surface area contributed by atoms with Gasteiger partial charge >= 0.3 is 0 Å². The van der Waals surface area contributed by atoms with Gasteiger partial charge in [-0.2, -0.15) is 0 Å². The van der Waals surface area contributed by atoms with E-state index < -0.39 is 0 Å². The van der Waals surface area contributed by atoms with Crippen LogP contribution in [0.25, 0.3) is 0 Å². The number of nitrogens with zero attached hydrogens (tertiary/aromatic N) is 2. The van der Waals surface area contributed by atoms with Crippen molar-refractivity contribution in [1.29, 1.82) is 0 Å². The quantitative estimate of drug-likeness (QED) is 0.897. The molecule has 1 N–H and O–H groups in total. The average Bonchev–Trinajstić information content (AvgIpc) is 2.43. The molecule has 0 bridgehead atoms. The molecule has 3 nitrogen and oxygen atoms in total. The summed E-state index contributed by atoms with van der Waals surface area (Å²) in [7, 11) is 1.95. The largest absolute Gasteiger partial charge is 0.312 e. The molecule has 1 aromatic rings. The Hall–Kier alpha value is -1.00. The van der Waals surface area contributed by atoms with Crippen LogP contribution in [0.3, 0.4) is 0 Å². The number of aromatic nitrogens is 1. The lowest BCUT2D eigenvalue weighted by Crippen LogP contribution is -2.31. The maximum Gasteiger partial charge on any atom is 0.141 e. The van der Waals surface area contributed by atoms with E-state index in [0.717, 1.165) is 18.7 Å². The summed E-state index contributed by atoms with van der Waals surface area (Å²) in [6, 6.07) is 3.48. The van der Waals surface area contributed by atoms with Gasteiger partial charge in [-0.15, -0.1) is 0 Å². The summed E-state index contributed by atoms with van der Waals surface area (Å²) in [6.07, 6.45) is 9.09. The molecule has 1 aromatic heterocycles. The van der Waals surface area contributed by atoms with Crippen LogP contribution in [0.1, 0.15) is 50.3 Å². The molecule has 1 saturated heterocycles. The molecule has 1 fully saturated rings. The van der Waals surface area contributed by atoms with Gasteiger partial charge in [0, 0.05) is 0 Å². The Kier molecular flexibility index (Phi) is 6.40. The van der Waals surface area contributed by atoms with Crippen molar-refractivity contribution in [3.05, 3.63) is 29.8 Å². The molecule has 0 amide bonds. The molecule has 0 aromatic carbocycles. The smallest absolute Gasteiger partial charge is 0.141 e. The standard InChI is InChI=1S/C16H26FN3/c1-18-15(16-8-7-14(17)13-19-16)9-12-20-10-5-3-2-4-6-11-20/h7-8,13,15,18H,2-6,9-12H2,1H3. The molecule has 2 rings (SSSR count). The highest BCUT2D eigenvalue weighted by Crippen LogP contribution is 2.16. The van der Waals surface area contributed by atoms with Crippen molar-refractivity contribution in [3.8, 4) is 0 Å². The van der Waals surface area contributed by atoms with Gasteiger partial charge in [0.1, 0.15) is 5.82 Å². The lowest BCUT2D eigenvalue weighted by atomic mass is 10.1. The summed E-state index contributed by atoms with van der Waals surface area (Å²) in [6.45, 7) is 3.52. The first-order chi connectivity index (χ1) is 9.79. The van der Waals surface area contributed by atoms with Crippen molar-refractivity contribution >= 4 is 0 Å². The summed E-state index contributed by atoms with van der Waals surface area (Å²) >= 11 is 0. The number of likely N-dealkylation sites (tertiary alicyclic amines) is 1. The Balaban J connectivity index is 1.84. The maximum absolute atomic E-state index is 12.9. The number of hydrogen-bond acceptors (Lipinski definition) is 3. The molecule has 0 radical (unpaired) electrons. The van der Waals surface area contributed by atoms with E-state index in [0.29, 0.717) is 0 Å². The van der Waals surface area contributed by atoms with Gasteiger partial charge in [-0.1, -0.05) is 19.3 Å². The van der Waals surface area contributed by atoms with E-state index in [4.69, 9.17) is 0 Å². The molecule has 1 unspecified atom stereocenters. The zero-order chi connectivity index (χ0) is 14.2. The molecular formula is C16H26FN3. The van der Waals surface area contributed by atoms with Crippen LogP contribution in [0.5, 0.6) is 0 Å². The fraction of sp³-hybridized carbons (Fsp3) is 0.688. The Morgan fingerprint density at radius 1 is 1.20 bits per heavy atom. The number of hydrogen-bond donors (Lipinski definition) is 1. The van der Waals surface area contributed by atoms with Crippen LogP contribution in [-0.2, 0) is 0 Å². The van der Waals surface area contributed by atoms with E-state index in [1.165, 1.54) is 57.5 Å². The van der Waals surface area contributed by atoms with E-state index in [9.17, 15) is 4.39 Å². The van der Waals surface area contributed by atoms with Crippen molar-refractivity contribution in [2.45, 2.75) is 44.6 Å². The van der Waals surface area contributed by atoms with Crippen molar-refractivity contribution in [1.82, 2.24) is 15.2 Å². The predicted molar refractivity (Wildman–Crippen MR) is 80.1 cm³/mol. The highest BCUT2D eigenvalue weighted by Gasteiger charge is 2.14. The monoisotopic (exact) mass is 279 g/mol. The van der Waals surface area contributed by atoms with Gasteiger partial charge in [-0.3, -0.25) is 4.98 Å². The van der Waals surface area contributed by atoms with Gasteiger partial charge in [-0.05, 0) is 58.1 Å². The van der Waals surface area contributed by atoms with Crippen molar-refractivity contribution in [2.24, 2.45) is 0 Å². The number of halogens is 1. The molecule has 0 aliphatic carbocycles. The number of nitrogens with one attached hydrogen (secondary N) is 1. The lowest BCUT2D eigenvalue weighted by molar-refractivity contribution is 0.235. The Morgan fingerprint density at radius 3 is 2.50 bits per heavy atom. The van der Waals surface area contributed by atoms with Crippen LogP contribution in [0, 0.1) is 5.82 Å². The van der Waals surface area contributed by atoms with Gasteiger partial charge in [0.2, 0.25) is 0 Å². The van der Waals surface area contributed by atoms with Gasteiger partial charge < -0.3 is 10.2 Å². The van der Waals surface area contributed by atoms with E-state index in [1.54, 1.807) is 6.07 Å². The van der Waals surface area contributed by atoms with Crippen molar-refractivity contribution in [3.63, 3.8) is 0 Å². The fourth-order valence-corrected chi connectivity index (χ4v) is 2.88. The third-order valence-corrected chi connectivity index (χ3v) is 4.14. The van der Waals surface area contributed by atoms with Crippen LogP contribution in [0.4, 0.5) is 4.39 Å². The third-order valence-electron chi connectivity index (χ3n) is 4.14. The lowest BCUT2D eigenvalue weighted by Gasteiger charge is -2.26. The van der Waals surface area contributed by atoms with Gasteiger partial charge in [-0.25, -0.2) is 4.39 Å². The molecule has 112 valence electrons. The zero-order valence-electron chi connectivity index (χ0n) is 12.4. The second kappa shape index (κ2) is 8.32. The zero-order valence-corrected chi connectivity index (χ0v) is 12.4. The maximum atomic E-state index is 12.9. The van der Waals surface area contributed by atoms with Gasteiger partial charge in [0.05, 0.1) is 17.9 Å². The molecule has 1 aliphatic heterocycles. The average molecular weight is 279 g/mol. The summed E-state index contributed by atoms with van der Waals surface area (Å²) in [5.41, 5.74) is 0.931. The number of pyridine rings is 1. The Bertz CT molecular complexity index is 372. The van der Waals surface area contributed by atoms with Gasteiger partial charge in [0.15, 0.2) is 0 Å². The van der Waals surface area contributed by atoms with Crippen LogP contribution >= 0.6 is 0 Å². The van der Waals surface area contributed by atoms with Crippen LogP contribution < -0.4 is 5.32 Å². The Labute approximate surface area is 121 Å². The Morgan fingerprint density at radius 2 is 1.90 bits per heavy atom. The van der Waals surface area contributed by atoms with Crippen LogP contribution in [-0.4, -0.2) is 36.6 Å². The minimum Gasteiger partial charge on any atom is -0.312 e. The van der Waals surface area contributed by atoms with Crippen LogP contribution in [0.15, 0.2) is 18.3 Å². The summed E-state index contributed by atoms with van der Waals surface area (Å²) in [4.78, 5) is 6.75. The van der Waals surface area contributed by atoms with E-state index in [1.807, 2.05) is 7.05 Å². The van der Waals surface area contributed by atoms with Crippen LogP contribution in [0.2, 0.25) is 0 Å². The first kappa shape index (κ1) is 15.4. The second-order valence-corrected chi connectivity index (χ2v) is 5.64. The van der Waals surface area contributed by atoms with E-state index in [-0.39, 0.29) is 11.9 Å². The molecular weight excluding hydrogens is 253 g/mol. The molecule has 4 heteroatoms. The van der Waals surface area contributed by atoms with Crippen molar-refractivity contribution < 1.29 is 4.39 Å². The summed E-state index contributed by atoms with van der Waals surface area (Å²) in [5, 5.41) is 3.29. The molecule has 0 saturated carbocycles. The minimum absolute atomic E-state index is 0.209. The first-order valence-corrected chi connectivity index (χ1v) is 7.80. The molecule has 2 heterocycles. The van der Waals surface area contributed by atoms with E-state index in [2.05, 4.69) is 15.2 Å². The molecule has 20 heavy (non-hydrogen) atoms. The first-order valence-electron chi connectivity index (χ1n) is 7.80. The fourth-order valence-electron chi connectivity index (χ4n) is 2.88. The number of rotatable bonds is 5.